The molecule has 0 amide bonds. The minimum Gasteiger partial charge on any atom is -0.465 e. The number of nitrogens with zero attached hydrogens (tertiary/aromatic N) is 1. The first kappa shape index (κ1) is 11.7. The standard InChI is InChI=1S/C13H22N2O/c1-10-3-5-15(6-4-10)9-13-7-12(8-14)11(2)16-13/h7,10H,3-6,8-9,14H2,1-2H3. The molecule has 0 unspecified atom stereocenters. The number of hydrogen-bond acceptors (Lipinski definition) is 3. The van der Waals surface area contributed by atoms with Crippen LogP contribution in [-0.2, 0) is 13.1 Å². The van der Waals surface area contributed by atoms with E-state index in [1.54, 1.807) is 0 Å². The van der Waals surface area contributed by atoms with Gasteiger partial charge >= 0.3 is 0 Å². The topological polar surface area (TPSA) is 42.4 Å². The molecular weight excluding hydrogens is 200 g/mol. The fourth-order valence-corrected chi connectivity index (χ4v) is 2.31. The Hall–Kier alpha value is -0.800. The van der Waals surface area contributed by atoms with Gasteiger partial charge in [0.05, 0.1) is 6.54 Å². The minimum atomic E-state index is 0.576. The van der Waals surface area contributed by atoms with Gasteiger partial charge in [0.1, 0.15) is 11.5 Å². The lowest BCUT2D eigenvalue weighted by Crippen LogP contribution is -2.32. The number of piperidine rings is 1. The minimum absolute atomic E-state index is 0.576. The number of rotatable bonds is 3. The van der Waals surface area contributed by atoms with Crippen molar-refractivity contribution in [1.29, 1.82) is 0 Å². The molecule has 16 heavy (non-hydrogen) atoms. The van der Waals surface area contributed by atoms with Gasteiger partial charge in [0.2, 0.25) is 0 Å². The third kappa shape index (κ3) is 2.66. The van der Waals surface area contributed by atoms with Crippen LogP contribution in [0.15, 0.2) is 10.5 Å². The molecule has 1 fully saturated rings. The van der Waals surface area contributed by atoms with Crippen LogP contribution in [0.5, 0.6) is 0 Å². The highest BCUT2D eigenvalue weighted by molar-refractivity contribution is 5.20. The molecule has 0 atom stereocenters. The van der Waals surface area contributed by atoms with Gasteiger partial charge in [-0.2, -0.15) is 0 Å². The van der Waals surface area contributed by atoms with Crippen LogP contribution < -0.4 is 5.73 Å². The monoisotopic (exact) mass is 222 g/mol. The Balaban J connectivity index is 1.93. The van der Waals surface area contributed by atoms with Crippen LogP contribution in [0, 0.1) is 12.8 Å². The maximum Gasteiger partial charge on any atom is 0.118 e. The second kappa shape index (κ2) is 5.02. The zero-order valence-electron chi connectivity index (χ0n) is 10.3. The zero-order chi connectivity index (χ0) is 11.5. The summed E-state index contributed by atoms with van der Waals surface area (Å²) in [6, 6.07) is 2.10. The van der Waals surface area contributed by atoms with E-state index in [9.17, 15) is 0 Å². The molecular formula is C13H22N2O. The first-order chi connectivity index (χ1) is 7.69. The Morgan fingerprint density at radius 2 is 2.12 bits per heavy atom. The second-order valence-corrected chi connectivity index (χ2v) is 4.96. The number of furan rings is 1. The van der Waals surface area contributed by atoms with Crippen LogP contribution >= 0.6 is 0 Å². The van der Waals surface area contributed by atoms with E-state index < -0.39 is 0 Å². The van der Waals surface area contributed by atoms with Crippen molar-refractivity contribution in [1.82, 2.24) is 4.90 Å². The van der Waals surface area contributed by atoms with E-state index in [2.05, 4.69) is 17.9 Å². The summed E-state index contributed by atoms with van der Waals surface area (Å²) >= 11 is 0. The van der Waals surface area contributed by atoms with Gasteiger partial charge in [-0.15, -0.1) is 0 Å². The summed E-state index contributed by atoms with van der Waals surface area (Å²) in [4.78, 5) is 2.47. The number of aryl methyl sites for hydroxylation is 1. The predicted octanol–water partition coefficient (Wildman–Crippen LogP) is 2.28. The van der Waals surface area contributed by atoms with Gasteiger partial charge in [0.25, 0.3) is 0 Å². The van der Waals surface area contributed by atoms with Gasteiger partial charge in [-0.05, 0) is 44.8 Å². The lowest BCUT2D eigenvalue weighted by atomic mass is 9.99. The fraction of sp³-hybridized carbons (Fsp3) is 0.692. The molecule has 1 aromatic rings. The van der Waals surface area contributed by atoms with Crippen LogP contribution in [0.2, 0.25) is 0 Å². The summed E-state index contributed by atoms with van der Waals surface area (Å²) in [5.41, 5.74) is 6.78. The normalized spacial score (nSPS) is 19.2. The van der Waals surface area contributed by atoms with Crippen LogP contribution in [-0.4, -0.2) is 18.0 Å². The molecule has 3 nitrogen and oxygen atoms in total. The van der Waals surface area contributed by atoms with Crippen molar-refractivity contribution in [2.24, 2.45) is 11.7 Å². The highest BCUT2D eigenvalue weighted by atomic mass is 16.3. The SMILES string of the molecule is Cc1oc(CN2CCC(C)CC2)cc1CN. The maximum atomic E-state index is 5.71. The third-order valence-corrected chi connectivity index (χ3v) is 3.55. The number of nitrogens with two attached hydrogens (primary N) is 1. The summed E-state index contributed by atoms with van der Waals surface area (Å²) < 4.78 is 5.71. The largest absolute Gasteiger partial charge is 0.465 e. The molecule has 1 saturated heterocycles. The van der Waals surface area contributed by atoms with Crippen molar-refractivity contribution in [2.75, 3.05) is 13.1 Å². The van der Waals surface area contributed by atoms with E-state index in [4.69, 9.17) is 10.2 Å². The number of likely N-dealkylation sites (tertiary alicyclic amines) is 1. The smallest absolute Gasteiger partial charge is 0.118 e. The summed E-state index contributed by atoms with van der Waals surface area (Å²) in [5.74, 6) is 2.92. The van der Waals surface area contributed by atoms with E-state index in [1.807, 2.05) is 6.92 Å². The molecule has 2 rings (SSSR count). The Kier molecular flexibility index (Phi) is 3.66. The van der Waals surface area contributed by atoms with E-state index in [0.717, 1.165) is 29.5 Å². The molecule has 0 aliphatic carbocycles. The van der Waals surface area contributed by atoms with Crippen LogP contribution in [0.25, 0.3) is 0 Å². The Bertz CT molecular complexity index is 338. The highest BCUT2D eigenvalue weighted by Crippen LogP contribution is 2.20. The molecule has 0 saturated carbocycles. The molecule has 0 spiro atoms. The molecule has 1 aliphatic rings. The predicted molar refractivity (Wildman–Crippen MR) is 65.0 cm³/mol. The summed E-state index contributed by atoms with van der Waals surface area (Å²) in [7, 11) is 0. The number of hydrogen-bond donors (Lipinski definition) is 1. The molecule has 2 N–H and O–H groups in total. The average Bonchev–Trinajstić information content (AvgIpc) is 2.62. The third-order valence-electron chi connectivity index (χ3n) is 3.55. The molecule has 0 bridgehead atoms. The Morgan fingerprint density at radius 3 is 2.69 bits per heavy atom. The van der Waals surface area contributed by atoms with Crippen molar-refractivity contribution in [3.05, 3.63) is 23.2 Å². The quantitative estimate of drug-likeness (QED) is 0.853. The maximum absolute atomic E-state index is 5.71. The lowest BCUT2D eigenvalue weighted by molar-refractivity contribution is 0.173. The van der Waals surface area contributed by atoms with Gasteiger partial charge in [0, 0.05) is 12.1 Å². The van der Waals surface area contributed by atoms with Gasteiger partial charge in [-0.1, -0.05) is 6.92 Å². The first-order valence-electron chi connectivity index (χ1n) is 6.19. The van der Waals surface area contributed by atoms with E-state index in [1.165, 1.54) is 25.9 Å². The average molecular weight is 222 g/mol. The van der Waals surface area contributed by atoms with Crippen molar-refractivity contribution in [2.45, 2.75) is 39.8 Å². The van der Waals surface area contributed by atoms with Gasteiger partial charge in [0.15, 0.2) is 0 Å². The molecule has 1 aromatic heterocycles. The Morgan fingerprint density at radius 1 is 1.44 bits per heavy atom. The van der Waals surface area contributed by atoms with Crippen LogP contribution in [0.4, 0.5) is 0 Å². The van der Waals surface area contributed by atoms with Gasteiger partial charge in [-0.25, -0.2) is 0 Å². The van der Waals surface area contributed by atoms with E-state index in [-0.39, 0.29) is 0 Å². The van der Waals surface area contributed by atoms with Crippen molar-refractivity contribution >= 4 is 0 Å². The van der Waals surface area contributed by atoms with Crippen LogP contribution in [0.3, 0.4) is 0 Å². The van der Waals surface area contributed by atoms with Crippen molar-refractivity contribution in [3.8, 4) is 0 Å². The molecule has 2 heterocycles. The molecule has 0 radical (unpaired) electrons. The summed E-state index contributed by atoms with van der Waals surface area (Å²) in [5, 5.41) is 0. The first-order valence-corrected chi connectivity index (χ1v) is 6.19. The van der Waals surface area contributed by atoms with E-state index >= 15 is 0 Å². The summed E-state index contributed by atoms with van der Waals surface area (Å²) in [6.45, 7) is 8.22. The Labute approximate surface area is 97.6 Å². The van der Waals surface area contributed by atoms with Gasteiger partial charge in [-0.3, -0.25) is 4.90 Å². The highest BCUT2D eigenvalue weighted by Gasteiger charge is 2.17. The molecule has 3 heteroatoms. The molecule has 1 aliphatic heterocycles. The van der Waals surface area contributed by atoms with Crippen molar-refractivity contribution < 1.29 is 4.42 Å². The fourth-order valence-electron chi connectivity index (χ4n) is 2.31. The van der Waals surface area contributed by atoms with Crippen molar-refractivity contribution in [3.63, 3.8) is 0 Å². The lowest BCUT2D eigenvalue weighted by Gasteiger charge is -2.29. The van der Waals surface area contributed by atoms with E-state index in [0.29, 0.717) is 6.54 Å². The second-order valence-electron chi connectivity index (χ2n) is 4.96. The van der Waals surface area contributed by atoms with Crippen LogP contribution in [0.1, 0.15) is 36.8 Å². The molecule has 0 aromatic carbocycles. The zero-order valence-corrected chi connectivity index (χ0v) is 10.3. The molecule has 90 valence electrons. The summed E-state index contributed by atoms with van der Waals surface area (Å²) in [6.07, 6.45) is 2.62. The van der Waals surface area contributed by atoms with Gasteiger partial charge < -0.3 is 10.2 Å².